The maximum atomic E-state index is 14.1. The normalized spacial score (nSPS) is 12.9. The zero-order valence-electron chi connectivity index (χ0n) is 24.1. The topological polar surface area (TPSA) is 86.8 Å². The second-order valence-electron chi connectivity index (χ2n) is 10.5. The third-order valence-corrected chi connectivity index (χ3v) is 8.14. The predicted molar refractivity (Wildman–Crippen MR) is 162 cm³/mol. The Labute approximate surface area is 239 Å². The van der Waals surface area contributed by atoms with Crippen molar-refractivity contribution in [2.75, 3.05) is 17.1 Å². The number of sulfonamides is 1. The molecule has 8 heteroatoms. The number of benzene rings is 3. The molecule has 0 radical (unpaired) electrons. The van der Waals surface area contributed by atoms with E-state index in [2.05, 4.69) is 19.2 Å². The zero-order valence-corrected chi connectivity index (χ0v) is 24.9. The number of hydrogen-bond acceptors (Lipinski definition) is 4. The smallest absolute Gasteiger partial charge is 0.244 e. The van der Waals surface area contributed by atoms with Gasteiger partial charge in [0.2, 0.25) is 21.8 Å². The third-order valence-electron chi connectivity index (χ3n) is 6.99. The molecule has 0 aliphatic heterocycles. The van der Waals surface area contributed by atoms with E-state index in [4.69, 9.17) is 0 Å². The number of hydrogen-bond donors (Lipinski definition) is 1. The molecule has 0 aromatic heterocycles. The molecule has 0 aliphatic carbocycles. The first-order valence-corrected chi connectivity index (χ1v) is 15.6. The van der Waals surface area contributed by atoms with Gasteiger partial charge in [-0.1, -0.05) is 93.6 Å². The molecule has 40 heavy (non-hydrogen) atoms. The van der Waals surface area contributed by atoms with Crippen molar-refractivity contribution in [3.8, 4) is 0 Å². The first-order valence-electron chi connectivity index (χ1n) is 13.7. The van der Waals surface area contributed by atoms with Gasteiger partial charge in [-0.15, -0.1) is 0 Å². The van der Waals surface area contributed by atoms with Crippen molar-refractivity contribution in [1.82, 2.24) is 10.2 Å². The highest BCUT2D eigenvalue weighted by Gasteiger charge is 2.33. The lowest BCUT2D eigenvalue weighted by molar-refractivity contribution is -0.140. The van der Waals surface area contributed by atoms with Crippen LogP contribution in [0.3, 0.4) is 0 Å². The molecule has 0 spiro atoms. The van der Waals surface area contributed by atoms with Crippen LogP contribution >= 0.6 is 0 Å². The summed E-state index contributed by atoms with van der Waals surface area (Å²) in [4.78, 5) is 29.3. The molecule has 214 valence electrons. The van der Waals surface area contributed by atoms with Crippen LogP contribution in [-0.2, 0) is 32.6 Å². The van der Waals surface area contributed by atoms with Gasteiger partial charge in [-0.05, 0) is 48.1 Å². The van der Waals surface area contributed by atoms with E-state index in [-0.39, 0.29) is 24.4 Å². The molecule has 0 bridgehead atoms. The summed E-state index contributed by atoms with van der Waals surface area (Å²) in [7, 11) is -3.80. The van der Waals surface area contributed by atoms with E-state index in [0.29, 0.717) is 12.1 Å². The van der Waals surface area contributed by atoms with E-state index >= 15 is 0 Å². The van der Waals surface area contributed by atoms with Crippen molar-refractivity contribution in [2.24, 2.45) is 0 Å². The highest BCUT2D eigenvalue weighted by molar-refractivity contribution is 7.92. The van der Waals surface area contributed by atoms with Crippen molar-refractivity contribution >= 4 is 27.5 Å². The van der Waals surface area contributed by atoms with Gasteiger partial charge in [0.25, 0.3) is 0 Å². The number of carbonyl (C=O) groups is 2. The van der Waals surface area contributed by atoms with Crippen LogP contribution in [0.1, 0.15) is 56.7 Å². The molecule has 0 saturated carbocycles. The van der Waals surface area contributed by atoms with Crippen molar-refractivity contribution in [3.05, 3.63) is 102 Å². The first-order chi connectivity index (χ1) is 19.0. The van der Waals surface area contributed by atoms with E-state index in [1.54, 1.807) is 12.1 Å². The van der Waals surface area contributed by atoms with Gasteiger partial charge in [-0.2, -0.15) is 0 Å². The van der Waals surface area contributed by atoms with Gasteiger partial charge >= 0.3 is 0 Å². The van der Waals surface area contributed by atoms with Crippen LogP contribution in [0.5, 0.6) is 0 Å². The van der Waals surface area contributed by atoms with Crippen LogP contribution < -0.4 is 9.62 Å². The van der Waals surface area contributed by atoms with Gasteiger partial charge in [-0.25, -0.2) is 8.42 Å². The van der Waals surface area contributed by atoms with Crippen LogP contribution in [0.15, 0.2) is 84.9 Å². The van der Waals surface area contributed by atoms with Gasteiger partial charge < -0.3 is 10.2 Å². The Balaban J connectivity index is 2.02. The Morgan fingerprint density at radius 1 is 0.825 bits per heavy atom. The van der Waals surface area contributed by atoms with E-state index in [1.165, 1.54) is 4.90 Å². The molecule has 3 aromatic rings. The fourth-order valence-electron chi connectivity index (χ4n) is 4.41. The molecule has 0 saturated heterocycles. The maximum Gasteiger partial charge on any atom is 0.244 e. The number of carbonyl (C=O) groups excluding carboxylic acids is 2. The summed E-state index contributed by atoms with van der Waals surface area (Å²) >= 11 is 0. The minimum atomic E-state index is -3.80. The standard InChI is InChI=1S/C32H41N3O4S/c1-6-25(4)33-32(37)30(21-26-13-9-7-10-14-26)34(22-27-15-11-8-12-16-27)31(36)23-35(40(5,38)39)29-19-17-28(18-20-29)24(2)3/h7-20,24-25,30H,6,21-23H2,1-5H3,(H,33,37)/t25-,30-/m1/s1. The Morgan fingerprint density at radius 3 is 1.88 bits per heavy atom. The fraction of sp³-hybridized carbons (Fsp3) is 0.375. The lowest BCUT2D eigenvalue weighted by Gasteiger charge is -2.34. The number of amides is 2. The Kier molecular flexibility index (Phi) is 10.9. The number of rotatable bonds is 13. The molecule has 0 fully saturated rings. The summed E-state index contributed by atoms with van der Waals surface area (Å²) in [5.41, 5.74) is 3.22. The summed E-state index contributed by atoms with van der Waals surface area (Å²) < 4.78 is 27.0. The SMILES string of the molecule is CC[C@@H](C)NC(=O)[C@@H](Cc1ccccc1)N(Cc1ccccc1)C(=O)CN(c1ccc(C(C)C)cc1)S(C)(=O)=O. The summed E-state index contributed by atoms with van der Waals surface area (Å²) in [5, 5.41) is 3.04. The van der Waals surface area contributed by atoms with Gasteiger partial charge in [0.15, 0.2) is 0 Å². The number of anilines is 1. The van der Waals surface area contributed by atoms with Gasteiger partial charge in [0, 0.05) is 19.0 Å². The summed E-state index contributed by atoms with van der Waals surface area (Å²) in [6.07, 6.45) is 2.13. The van der Waals surface area contributed by atoms with E-state index in [0.717, 1.165) is 33.7 Å². The zero-order chi connectivity index (χ0) is 29.3. The number of nitrogens with zero attached hydrogens (tertiary/aromatic N) is 2. The Bertz CT molecular complexity index is 1340. The lowest BCUT2D eigenvalue weighted by atomic mass is 10.0. The maximum absolute atomic E-state index is 14.1. The van der Waals surface area contributed by atoms with E-state index in [1.807, 2.05) is 86.6 Å². The Hall–Kier alpha value is -3.65. The average Bonchev–Trinajstić information content (AvgIpc) is 2.93. The second-order valence-corrected chi connectivity index (χ2v) is 12.5. The molecule has 3 rings (SSSR count). The van der Waals surface area contributed by atoms with Crippen LogP contribution in [0.25, 0.3) is 0 Å². The highest BCUT2D eigenvalue weighted by atomic mass is 32.2. The fourth-order valence-corrected chi connectivity index (χ4v) is 5.26. The van der Waals surface area contributed by atoms with Crippen LogP contribution in [0.2, 0.25) is 0 Å². The van der Waals surface area contributed by atoms with E-state index in [9.17, 15) is 18.0 Å². The molecular formula is C32H41N3O4S. The van der Waals surface area contributed by atoms with Crippen molar-refractivity contribution in [2.45, 2.75) is 65.1 Å². The first kappa shape index (κ1) is 30.9. The quantitative estimate of drug-likeness (QED) is 0.312. The second kappa shape index (κ2) is 14.1. The van der Waals surface area contributed by atoms with Crippen molar-refractivity contribution in [1.29, 1.82) is 0 Å². The van der Waals surface area contributed by atoms with Crippen molar-refractivity contribution < 1.29 is 18.0 Å². The average molecular weight is 564 g/mol. The molecule has 0 aliphatic rings. The summed E-state index contributed by atoms with van der Waals surface area (Å²) in [6.45, 7) is 7.77. The molecular weight excluding hydrogens is 522 g/mol. The van der Waals surface area contributed by atoms with Gasteiger partial charge in [0.05, 0.1) is 11.9 Å². The van der Waals surface area contributed by atoms with Crippen LogP contribution in [0.4, 0.5) is 5.69 Å². The van der Waals surface area contributed by atoms with Gasteiger partial charge in [-0.3, -0.25) is 13.9 Å². The molecule has 0 heterocycles. The van der Waals surface area contributed by atoms with Crippen LogP contribution in [0, 0.1) is 0 Å². The molecule has 3 aromatic carbocycles. The van der Waals surface area contributed by atoms with Gasteiger partial charge in [0.1, 0.15) is 12.6 Å². The Morgan fingerprint density at radius 2 is 1.38 bits per heavy atom. The molecule has 2 atom stereocenters. The third kappa shape index (κ3) is 8.68. The summed E-state index contributed by atoms with van der Waals surface area (Å²) in [6, 6.07) is 25.3. The minimum absolute atomic E-state index is 0.0774. The van der Waals surface area contributed by atoms with E-state index < -0.39 is 28.5 Å². The van der Waals surface area contributed by atoms with Crippen LogP contribution in [-0.4, -0.2) is 50.0 Å². The van der Waals surface area contributed by atoms with Crippen molar-refractivity contribution in [3.63, 3.8) is 0 Å². The molecule has 1 N–H and O–H groups in total. The largest absolute Gasteiger partial charge is 0.352 e. The molecule has 2 amide bonds. The molecule has 0 unspecified atom stereocenters. The summed E-state index contributed by atoms with van der Waals surface area (Å²) in [5.74, 6) is -0.441. The highest BCUT2D eigenvalue weighted by Crippen LogP contribution is 2.23. The predicted octanol–water partition coefficient (Wildman–Crippen LogP) is 5.13. The lowest BCUT2D eigenvalue weighted by Crippen LogP contribution is -2.54. The molecule has 7 nitrogen and oxygen atoms in total. The monoisotopic (exact) mass is 563 g/mol. The minimum Gasteiger partial charge on any atom is -0.352 e. The number of nitrogens with one attached hydrogen (secondary N) is 1.